The maximum Gasteiger partial charge on any atom is 0.123 e. The highest BCUT2D eigenvalue weighted by molar-refractivity contribution is 5.26. The van der Waals surface area contributed by atoms with E-state index in [2.05, 4.69) is 30.0 Å². The minimum absolute atomic E-state index is 0.211. The van der Waals surface area contributed by atoms with Gasteiger partial charge in [-0.1, -0.05) is 12.1 Å². The van der Waals surface area contributed by atoms with Crippen molar-refractivity contribution < 1.29 is 9.50 Å². The lowest BCUT2D eigenvalue weighted by molar-refractivity contribution is -0.0648. The van der Waals surface area contributed by atoms with Gasteiger partial charge in [-0.05, 0) is 56.7 Å². The molecule has 2 aromatic rings. The predicted octanol–water partition coefficient (Wildman–Crippen LogP) is 3.47. The molecule has 1 aliphatic carbocycles. The zero-order valence-corrected chi connectivity index (χ0v) is 15.7. The molecule has 26 heavy (non-hydrogen) atoms. The van der Waals surface area contributed by atoms with Crippen LogP contribution in [0.2, 0.25) is 0 Å². The molecule has 2 fully saturated rings. The molecule has 1 saturated heterocycles. The van der Waals surface area contributed by atoms with Gasteiger partial charge in [0.2, 0.25) is 0 Å². The molecule has 4 rings (SSSR count). The number of aromatic nitrogens is 2. The molecule has 1 aromatic carbocycles. The van der Waals surface area contributed by atoms with Crippen LogP contribution in [0, 0.1) is 24.6 Å². The van der Waals surface area contributed by atoms with Crippen LogP contribution < -0.4 is 0 Å². The maximum atomic E-state index is 13.3. The molecule has 1 saturated carbocycles. The van der Waals surface area contributed by atoms with E-state index in [1.807, 2.05) is 4.68 Å². The number of hydrogen-bond donors (Lipinski definition) is 1. The third-order valence-electron chi connectivity index (χ3n) is 6.37. The molecule has 0 bridgehead atoms. The van der Waals surface area contributed by atoms with Crippen LogP contribution in [0.15, 0.2) is 30.5 Å². The van der Waals surface area contributed by atoms with Crippen LogP contribution in [0.25, 0.3) is 0 Å². The number of likely N-dealkylation sites (tertiary alicyclic amines) is 1. The van der Waals surface area contributed by atoms with Crippen LogP contribution in [-0.4, -0.2) is 32.9 Å². The predicted molar refractivity (Wildman–Crippen MR) is 99.0 cm³/mol. The number of rotatable bonds is 4. The summed E-state index contributed by atoms with van der Waals surface area (Å²) < 4.78 is 15.3. The largest absolute Gasteiger partial charge is 0.385 e. The van der Waals surface area contributed by atoms with Gasteiger partial charge in [0.15, 0.2) is 0 Å². The Morgan fingerprint density at radius 1 is 1.27 bits per heavy atom. The molecule has 0 radical (unpaired) electrons. The first-order valence-corrected chi connectivity index (χ1v) is 9.73. The summed E-state index contributed by atoms with van der Waals surface area (Å²) in [5.41, 5.74) is 2.39. The van der Waals surface area contributed by atoms with Gasteiger partial charge in [0.1, 0.15) is 5.82 Å². The first-order chi connectivity index (χ1) is 12.5. The monoisotopic (exact) mass is 357 g/mol. The van der Waals surface area contributed by atoms with Crippen molar-refractivity contribution in [3.63, 3.8) is 0 Å². The smallest absolute Gasteiger partial charge is 0.123 e. The fraction of sp³-hybridized carbons (Fsp3) is 0.571. The van der Waals surface area contributed by atoms with E-state index in [4.69, 9.17) is 0 Å². The third kappa shape index (κ3) is 3.08. The molecule has 3 atom stereocenters. The summed E-state index contributed by atoms with van der Waals surface area (Å²) in [6.45, 7) is 7.85. The van der Waals surface area contributed by atoms with E-state index in [9.17, 15) is 9.50 Å². The fourth-order valence-corrected chi connectivity index (χ4v) is 4.96. The van der Waals surface area contributed by atoms with E-state index in [1.54, 1.807) is 12.1 Å². The summed E-state index contributed by atoms with van der Waals surface area (Å²) >= 11 is 0. The maximum absolute atomic E-state index is 13.3. The van der Waals surface area contributed by atoms with Crippen molar-refractivity contribution in [2.45, 2.75) is 51.8 Å². The van der Waals surface area contributed by atoms with E-state index >= 15 is 0 Å². The van der Waals surface area contributed by atoms with E-state index in [0.717, 1.165) is 56.7 Å². The third-order valence-corrected chi connectivity index (χ3v) is 6.37. The van der Waals surface area contributed by atoms with Crippen molar-refractivity contribution in [2.24, 2.45) is 11.8 Å². The first kappa shape index (κ1) is 17.7. The first-order valence-electron chi connectivity index (χ1n) is 9.73. The Hall–Kier alpha value is -1.72. The Balaban J connectivity index is 1.54. The Morgan fingerprint density at radius 3 is 2.73 bits per heavy atom. The lowest BCUT2D eigenvalue weighted by Crippen LogP contribution is -2.42. The Labute approximate surface area is 154 Å². The van der Waals surface area contributed by atoms with Gasteiger partial charge in [-0.3, -0.25) is 9.58 Å². The number of aliphatic hydroxyl groups is 1. The highest BCUT2D eigenvalue weighted by Gasteiger charge is 2.49. The Kier molecular flexibility index (Phi) is 4.61. The number of halogens is 1. The van der Waals surface area contributed by atoms with Gasteiger partial charge in [-0.2, -0.15) is 5.10 Å². The normalized spacial score (nSPS) is 29.1. The van der Waals surface area contributed by atoms with Crippen molar-refractivity contribution in [2.75, 3.05) is 13.1 Å². The molecule has 2 aliphatic rings. The number of benzene rings is 1. The van der Waals surface area contributed by atoms with Crippen LogP contribution in [-0.2, 0) is 18.7 Å². The highest BCUT2D eigenvalue weighted by Crippen LogP contribution is 2.48. The second-order valence-electron chi connectivity index (χ2n) is 7.98. The van der Waals surface area contributed by atoms with E-state index < -0.39 is 5.60 Å². The molecule has 1 aromatic heterocycles. The summed E-state index contributed by atoms with van der Waals surface area (Å²) in [7, 11) is 0. The highest BCUT2D eigenvalue weighted by atomic mass is 19.1. The molecule has 3 unspecified atom stereocenters. The van der Waals surface area contributed by atoms with Crippen molar-refractivity contribution in [3.05, 3.63) is 53.1 Å². The number of nitrogens with zero attached hydrogens (tertiary/aromatic N) is 3. The van der Waals surface area contributed by atoms with Crippen LogP contribution in [0.5, 0.6) is 0 Å². The SMILES string of the molecule is CCn1cc(CN2CC3CCCC(O)(c4ccc(F)cc4)C3C2)c(C)n1. The number of hydrogen-bond acceptors (Lipinski definition) is 3. The molecular weight excluding hydrogens is 329 g/mol. The van der Waals surface area contributed by atoms with Gasteiger partial charge in [-0.25, -0.2) is 4.39 Å². The molecule has 140 valence electrons. The van der Waals surface area contributed by atoms with Crippen LogP contribution in [0.1, 0.15) is 43.0 Å². The molecule has 0 spiro atoms. The Bertz CT molecular complexity index is 772. The molecule has 1 aliphatic heterocycles. The van der Waals surface area contributed by atoms with Crippen molar-refractivity contribution in [3.8, 4) is 0 Å². The lowest BCUT2D eigenvalue weighted by atomic mass is 9.67. The molecule has 0 amide bonds. The van der Waals surface area contributed by atoms with Gasteiger partial charge in [0, 0.05) is 43.9 Å². The standard InChI is InChI=1S/C21H28FN3O/c1-3-25-13-17(15(2)23-25)12-24-11-16-5-4-10-21(26,20(16)14-24)18-6-8-19(22)9-7-18/h6-9,13,16,20,26H,3-5,10-12,14H2,1-2H3. The molecule has 1 N–H and O–H groups in total. The second-order valence-corrected chi connectivity index (χ2v) is 7.98. The summed E-state index contributed by atoms with van der Waals surface area (Å²) in [5.74, 6) is 0.463. The average Bonchev–Trinajstić information content (AvgIpc) is 3.20. The van der Waals surface area contributed by atoms with Gasteiger partial charge >= 0.3 is 0 Å². The van der Waals surface area contributed by atoms with E-state index in [1.165, 1.54) is 17.7 Å². The lowest BCUT2D eigenvalue weighted by Gasteiger charge is -2.41. The summed E-state index contributed by atoms with van der Waals surface area (Å²) in [4.78, 5) is 2.46. The van der Waals surface area contributed by atoms with Gasteiger partial charge in [0.05, 0.1) is 11.3 Å². The van der Waals surface area contributed by atoms with Crippen LogP contribution >= 0.6 is 0 Å². The number of fused-ring (bicyclic) bond motifs is 1. The van der Waals surface area contributed by atoms with Crippen molar-refractivity contribution >= 4 is 0 Å². The minimum Gasteiger partial charge on any atom is -0.385 e. The second kappa shape index (κ2) is 6.78. The zero-order valence-electron chi connectivity index (χ0n) is 15.7. The van der Waals surface area contributed by atoms with Crippen molar-refractivity contribution in [1.82, 2.24) is 14.7 Å². The zero-order chi connectivity index (χ0) is 18.3. The van der Waals surface area contributed by atoms with Crippen LogP contribution in [0.3, 0.4) is 0 Å². The fourth-order valence-electron chi connectivity index (χ4n) is 4.96. The quantitative estimate of drug-likeness (QED) is 0.911. The topological polar surface area (TPSA) is 41.3 Å². The van der Waals surface area contributed by atoms with Crippen LogP contribution in [0.4, 0.5) is 4.39 Å². The number of aryl methyl sites for hydroxylation is 2. The minimum atomic E-state index is -0.839. The van der Waals surface area contributed by atoms with Crippen molar-refractivity contribution in [1.29, 1.82) is 0 Å². The van der Waals surface area contributed by atoms with Gasteiger partial charge in [0.25, 0.3) is 0 Å². The summed E-state index contributed by atoms with van der Waals surface area (Å²) in [6, 6.07) is 6.45. The molecule has 5 heteroatoms. The summed E-state index contributed by atoms with van der Waals surface area (Å²) in [6.07, 6.45) is 5.09. The van der Waals surface area contributed by atoms with Gasteiger partial charge < -0.3 is 5.11 Å². The van der Waals surface area contributed by atoms with Gasteiger partial charge in [-0.15, -0.1) is 0 Å². The van der Waals surface area contributed by atoms with E-state index in [0.29, 0.717) is 5.92 Å². The average molecular weight is 357 g/mol. The molecule has 4 nitrogen and oxygen atoms in total. The van der Waals surface area contributed by atoms with E-state index in [-0.39, 0.29) is 11.7 Å². The molecular formula is C21H28FN3O. The Morgan fingerprint density at radius 2 is 2.04 bits per heavy atom. The summed E-state index contributed by atoms with van der Waals surface area (Å²) in [5, 5.41) is 16.1. The molecule has 2 heterocycles.